The van der Waals surface area contributed by atoms with Crippen LogP contribution in [-0.4, -0.2) is 53.9 Å². The molecule has 3 aliphatic rings. The van der Waals surface area contributed by atoms with Crippen LogP contribution in [0.25, 0.3) is 0 Å². The largest absolute Gasteiger partial charge is 0.427 e. The van der Waals surface area contributed by atoms with Crippen molar-refractivity contribution < 1.29 is 28.7 Å². The molecule has 1 aromatic rings. The van der Waals surface area contributed by atoms with E-state index in [9.17, 15) is 19.2 Å². The van der Waals surface area contributed by atoms with Crippen LogP contribution in [0, 0.1) is 5.92 Å². The number of carbonyl (C=O) groups is 4. The summed E-state index contributed by atoms with van der Waals surface area (Å²) >= 11 is 0. The van der Waals surface area contributed by atoms with E-state index < -0.39 is 17.9 Å². The molecule has 3 amide bonds. The molecule has 8 heteroatoms. The number of benzene rings is 1. The normalized spacial score (nSPS) is 24.1. The van der Waals surface area contributed by atoms with E-state index in [-0.39, 0.29) is 30.3 Å². The van der Waals surface area contributed by atoms with Gasteiger partial charge in [0.2, 0.25) is 11.8 Å². The molecule has 29 heavy (non-hydrogen) atoms. The summed E-state index contributed by atoms with van der Waals surface area (Å²) in [5.74, 6) is -0.964. The van der Waals surface area contributed by atoms with E-state index >= 15 is 0 Å². The van der Waals surface area contributed by atoms with Gasteiger partial charge < -0.3 is 14.4 Å². The fraction of sp³-hybridized carbons (Fsp3) is 0.524. The maximum Gasteiger partial charge on any atom is 0.308 e. The predicted octanol–water partition coefficient (Wildman–Crippen LogP) is 1.66. The zero-order valence-electron chi connectivity index (χ0n) is 16.3. The first kappa shape index (κ1) is 19.6. The minimum Gasteiger partial charge on any atom is -0.427 e. The lowest BCUT2D eigenvalue weighted by Gasteiger charge is -2.30. The topological polar surface area (TPSA) is 93.2 Å². The highest BCUT2D eigenvalue weighted by Crippen LogP contribution is 2.35. The fourth-order valence-electron chi connectivity index (χ4n) is 3.90. The monoisotopic (exact) mass is 400 g/mol. The van der Waals surface area contributed by atoms with Crippen LogP contribution < -0.4 is 9.64 Å². The number of rotatable bonds is 6. The minimum absolute atomic E-state index is 0.0320. The Labute approximate surface area is 168 Å². The zero-order valence-corrected chi connectivity index (χ0v) is 16.3. The lowest BCUT2D eigenvalue weighted by molar-refractivity contribution is -0.141. The van der Waals surface area contributed by atoms with Gasteiger partial charge in [-0.15, -0.1) is 0 Å². The van der Waals surface area contributed by atoms with Crippen molar-refractivity contribution in [3.63, 3.8) is 0 Å². The summed E-state index contributed by atoms with van der Waals surface area (Å²) in [5, 5.41) is 0. The summed E-state index contributed by atoms with van der Waals surface area (Å²) < 4.78 is 10.7. The SMILES string of the molecule is CC(=O)Oc1ccc(N2C(=O)CC(N(CC3CCCO3)C(=O)C3CC3)C2=O)cc1. The highest BCUT2D eigenvalue weighted by Gasteiger charge is 2.47. The van der Waals surface area contributed by atoms with Crippen molar-refractivity contribution in [2.24, 2.45) is 5.92 Å². The Hall–Kier alpha value is -2.74. The van der Waals surface area contributed by atoms with Gasteiger partial charge in [0.1, 0.15) is 11.8 Å². The summed E-state index contributed by atoms with van der Waals surface area (Å²) in [6, 6.07) is 5.38. The van der Waals surface area contributed by atoms with Crippen molar-refractivity contribution >= 4 is 29.4 Å². The van der Waals surface area contributed by atoms with Crippen molar-refractivity contribution in [1.29, 1.82) is 0 Å². The highest BCUT2D eigenvalue weighted by molar-refractivity contribution is 6.23. The average molecular weight is 400 g/mol. The first-order valence-corrected chi connectivity index (χ1v) is 10.0. The van der Waals surface area contributed by atoms with Crippen molar-refractivity contribution in [3.8, 4) is 5.75 Å². The standard InChI is InChI=1S/C21H24N2O6/c1-13(24)29-16-8-6-15(7-9-16)23-19(25)11-18(21(23)27)22(20(26)14-4-5-14)12-17-3-2-10-28-17/h6-9,14,17-18H,2-5,10-12H2,1H3. The molecule has 0 aromatic heterocycles. The number of hydrogen-bond acceptors (Lipinski definition) is 6. The molecule has 4 rings (SSSR count). The lowest BCUT2D eigenvalue weighted by atomic mass is 10.1. The van der Waals surface area contributed by atoms with E-state index in [1.165, 1.54) is 19.1 Å². The van der Waals surface area contributed by atoms with Crippen LogP contribution in [0.1, 0.15) is 39.0 Å². The second-order valence-corrected chi connectivity index (χ2v) is 7.77. The second-order valence-electron chi connectivity index (χ2n) is 7.77. The van der Waals surface area contributed by atoms with Gasteiger partial charge in [0.25, 0.3) is 5.91 Å². The number of amides is 3. The minimum atomic E-state index is -0.798. The van der Waals surface area contributed by atoms with Crippen molar-refractivity contribution in [2.45, 2.75) is 51.2 Å². The van der Waals surface area contributed by atoms with Crippen molar-refractivity contribution in [2.75, 3.05) is 18.1 Å². The maximum atomic E-state index is 13.1. The molecule has 0 spiro atoms. The molecular weight excluding hydrogens is 376 g/mol. The molecular formula is C21H24N2O6. The maximum absolute atomic E-state index is 13.1. The average Bonchev–Trinajstić information content (AvgIpc) is 3.33. The molecule has 0 bridgehead atoms. The van der Waals surface area contributed by atoms with Gasteiger partial charge >= 0.3 is 5.97 Å². The first-order chi connectivity index (χ1) is 13.9. The predicted molar refractivity (Wildman–Crippen MR) is 102 cm³/mol. The van der Waals surface area contributed by atoms with Crippen LogP contribution in [0.15, 0.2) is 24.3 Å². The molecule has 2 aliphatic heterocycles. The lowest BCUT2D eigenvalue weighted by Crippen LogP contribution is -2.49. The first-order valence-electron chi connectivity index (χ1n) is 10.0. The number of imide groups is 1. The molecule has 2 heterocycles. The Balaban J connectivity index is 1.53. The zero-order chi connectivity index (χ0) is 20.5. The van der Waals surface area contributed by atoms with E-state index in [1.807, 2.05) is 0 Å². The van der Waals surface area contributed by atoms with E-state index in [0.29, 0.717) is 24.6 Å². The third-order valence-electron chi connectivity index (χ3n) is 5.49. The smallest absolute Gasteiger partial charge is 0.308 e. The molecule has 2 unspecified atom stereocenters. The Morgan fingerprint density at radius 2 is 1.90 bits per heavy atom. The number of anilines is 1. The Bertz CT molecular complexity index is 826. The fourth-order valence-corrected chi connectivity index (χ4v) is 3.90. The van der Waals surface area contributed by atoms with Gasteiger partial charge in [-0.1, -0.05) is 0 Å². The molecule has 3 fully saturated rings. The molecule has 8 nitrogen and oxygen atoms in total. The van der Waals surface area contributed by atoms with Gasteiger partial charge in [-0.25, -0.2) is 4.90 Å². The van der Waals surface area contributed by atoms with Gasteiger partial charge in [0, 0.05) is 26.0 Å². The highest BCUT2D eigenvalue weighted by atomic mass is 16.5. The molecule has 1 aromatic carbocycles. The van der Waals surface area contributed by atoms with Gasteiger partial charge in [-0.2, -0.15) is 0 Å². The van der Waals surface area contributed by atoms with Crippen LogP contribution in [0.2, 0.25) is 0 Å². The van der Waals surface area contributed by atoms with Gasteiger partial charge in [-0.05, 0) is 49.9 Å². The summed E-state index contributed by atoms with van der Waals surface area (Å²) in [6.45, 7) is 2.30. The van der Waals surface area contributed by atoms with E-state index in [0.717, 1.165) is 30.6 Å². The van der Waals surface area contributed by atoms with Crippen molar-refractivity contribution in [1.82, 2.24) is 4.90 Å². The summed E-state index contributed by atoms with van der Waals surface area (Å²) in [5.41, 5.74) is 0.398. The summed E-state index contributed by atoms with van der Waals surface area (Å²) in [7, 11) is 0. The molecule has 1 saturated carbocycles. The molecule has 1 aliphatic carbocycles. The molecule has 0 N–H and O–H groups in total. The number of nitrogens with zero attached hydrogens (tertiary/aromatic N) is 2. The van der Waals surface area contributed by atoms with E-state index in [2.05, 4.69) is 0 Å². The Morgan fingerprint density at radius 1 is 1.17 bits per heavy atom. The molecule has 2 saturated heterocycles. The number of hydrogen-bond donors (Lipinski definition) is 0. The van der Waals surface area contributed by atoms with Crippen LogP contribution in [0.4, 0.5) is 5.69 Å². The van der Waals surface area contributed by atoms with Gasteiger partial charge in [0.15, 0.2) is 0 Å². The van der Waals surface area contributed by atoms with Crippen molar-refractivity contribution in [3.05, 3.63) is 24.3 Å². The number of carbonyl (C=O) groups excluding carboxylic acids is 4. The Morgan fingerprint density at radius 3 is 2.48 bits per heavy atom. The molecule has 2 atom stereocenters. The van der Waals surface area contributed by atoms with Crippen LogP contribution >= 0.6 is 0 Å². The molecule has 0 radical (unpaired) electrons. The van der Waals surface area contributed by atoms with Crippen LogP contribution in [0.5, 0.6) is 5.75 Å². The van der Waals surface area contributed by atoms with E-state index in [1.54, 1.807) is 17.0 Å². The third kappa shape index (κ3) is 4.17. The quantitative estimate of drug-likeness (QED) is 0.410. The second kappa shape index (κ2) is 7.94. The Kier molecular flexibility index (Phi) is 5.36. The third-order valence-corrected chi connectivity index (χ3v) is 5.49. The molecule has 154 valence electrons. The number of ether oxygens (including phenoxy) is 2. The van der Waals surface area contributed by atoms with Gasteiger partial charge in [-0.3, -0.25) is 19.2 Å². The van der Waals surface area contributed by atoms with Crippen LogP contribution in [0.3, 0.4) is 0 Å². The number of esters is 1. The van der Waals surface area contributed by atoms with Gasteiger partial charge in [0.05, 0.1) is 18.2 Å². The van der Waals surface area contributed by atoms with Crippen LogP contribution in [-0.2, 0) is 23.9 Å². The summed E-state index contributed by atoms with van der Waals surface area (Å²) in [4.78, 5) is 52.4. The summed E-state index contributed by atoms with van der Waals surface area (Å²) in [6.07, 6.45) is 3.33. The van der Waals surface area contributed by atoms with E-state index in [4.69, 9.17) is 9.47 Å².